The SMILES string of the molecule is Nc1cc(Cl)ccc1C(=O)OCc1nc(-c2ccc([N+](=O)[O-])cc2)no1. The van der Waals surface area contributed by atoms with E-state index in [1.54, 1.807) is 0 Å². The number of halogens is 1. The number of rotatable bonds is 5. The van der Waals surface area contributed by atoms with E-state index in [0.29, 0.717) is 10.6 Å². The molecule has 0 aliphatic carbocycles. The van der Waals surface area contributed by atoms with Gasteiger partial charge < -0.3 is 15.0 Å². The maximum absolute atomic E-state index is 12.0. The number of carbonyl (C=O) groups excluding carboxylic acids is 1. The number of hydrogen-bond acceptors (Lipinski definition) is 8. The summed E-state index contributed by atoms with van der Waals surface area (Å²) in [6.45, 7) is -0.249. The highest BCUT2D eigenvalue weighted by Gasteiger charge is 2.15. The van der Waals surface area contributed by atoms with Crippen molar-refractivity contribution in [1.29, 1.82) is 0 Å². The third-order valence-corrected chi connectivity index (χ3v) is 3.60. The molecule has 1 aromatic heterocycles. The van der Waals surface area contributed by atoms with Crippen LogP contribution in [0.4, 0.5) is 11.4 Å². The fourth-order valence-corrected chi connectivity index (χ4v) is 2.27. The molecule has 132 valence electrons. The molecule has 9 nitrogen and oxygen atoms in total. The zero-order chi connectivity index (χ0) is 18.7. The lowest BCUT2D eigenvalue weighted by atomic mass is 10.2. The molecule has 10 heteroatoms. The summed E-state index contributed by atoms with van der Waals surface area (Å²) in [5.74, 6) is -0.370. The minimum absolute atomic E-state index is 0.0491. The number of aromatic nitrogens is 2. The zero-order valence-electron chi connectivity index (χ0n) is 13.1. The van der Waals surface area contributed by atoms with Crippen LogP contribution in [0, 0.1) is 10.1 Å². The summed E-state index contributed by atoms with van der Waals surface area (Å²) in [6.07, 6.45) is 0. The Labute approximate surface area is 151 Å². The first-order valence-electron chi connectivity index (χ1n) is 7.23. The highest BCUT2D eigenvalue weighted by atomic mass is 35.5. The summed E-state index contributed by atoms with van der Waals surface area (Å²) < 4.78 is 10.1. The zero-order valence-corrected chi connectivity index (χ0v) is 13.8. The summed E-state index contributed by atoms with van der Waals surface area (Å²) in [5.41, 5.74) is 6.56. The van der Waals surface area contributed by atoms with E-state index in [4.69, 9.17) is 26.6 Å². The number of ether oxygens (including phenoxy) is 1. The number of non-ortho nitro benzene ring substituents is 1. The van der Waals surface area contributed by atoms with Crippen LogP contribution in [-0.2, 0) is 11.3 Å². The minimum atomic E-state index is -0.658. The molecule has 3 rings (SSSR count). The second-order valence-corrected chi connectivity index (χ2v) is 5.56. The molecule has 0 amide bonds. The van der Waals surface area contributed by atoms with Crippen molar-refractivity contribution < 1.29 is 19.0 Å². The predicted molar refractivity (Wildman–Crippen MR) is 91.4 cm³/mol. The lowest BCUT2D eigenvalue weighted by Crippen LogP contribution is -2.08. The van der Waals surface area contributed by atoms with E-state index in [0.717, 1.165) is 0 Å². The Hall–Kier alpha value is -3.46. The molecule has 0 unspecified atom stereocenters. The van der Waals surface area contributed by atoms with Crippen LogP contribution in [0.15, 0.2) is 47.0 Å². The van der Waals surface area contributed by atoms with Crippen molar-refractivity contribution in [1.82, 2.24) is 10.1 Å². The van der Waals surface area contributed by atoms with Crippen LogP contribution in [0.25, 0.3) is 11.4 Å². The van der Waals surface area contributed by atoms with E-state index < -0.39 is 10.9 Å². The van der Waals surface area contributed by atoms with Gasteiger partial charge in [-0.3, -0.25) is 10.1 Å². The quantitative estimate of drug-likeness (QED) is 0.311. The predicted octanol–water partition coefficient (Wildman–Crippen LogP) is 3.24. The maximum atomic E-state index is 12.0. The first-order valence-corrected chi connectivity index (χ1v) is 7.61. The lowest BCUT2D eigenvalue weighted by molar-refractivity contribution is -0.384. The normalized spacial score (nSPS) is 10.5. The number of carbonyl (C=O) groups is 1. The van der Waals surface area contributed by atoms with Crippen molar-refractivity contribution in [2.45, 2.75) is 6.61 Å². The van der Waals surface area contributed by atoms with Crippen molar-refractivity contribution in [3.63, 3.8) is 0 Å². The number of nitrogen functional groups attached to an aromatic ring is 1. The highest BCUT2D eigenvalue weighted by molar-refractivity contribution is 6.31. The molecule has 0 atom stereocenters. The van der Waals surface area contributed by atoms with Gasteiger partial charge in [-0.25, -0.2) is 4.79 Å². The topological polar surface area (TPSA) is 134 Å². The van der Waals surface area contributed by atoms with Gasteiger partial charge in [-0.2, -0.15) is 4.98 Å². The maximum Gasteiger partial charge on any atom is 0.340 e. The van der Waals surface area contributed by atoms with Gasteiger partial charge in [0.15, 0.2) is 6.61 Å². The Morgan fingerprint density at radius 1 is 1.27 bits per heavy atom. The van der Waals surface area contributed by atoms with Crippen molar-refractivity contribution in [3.05, 3.63) is 69.1 Å². The van der Waals surface area contributed by atoms with Crippen LogP contribution in [0.1, 0.15) is 16.2 Å². The molecular formula is C16H11ClN4O5. The standard InChI is InChI=1S/C16H11ClN4O5/c17-10-3-6-12(13(18)7-10)16(22)25-8-14-19-15(20-26-14)9-1-4-11(5-2-9)21(23)24/h1-7H,8,18H2. The van der Waals surface area contributed by atoms with Gasteiger partial charge in [0.1, 0.15) is 0 Å². The molecule has 26 heavy (non-hydrogen) atoms. The molecule has 0 fully saturated rings. The number of nitrogens with two attached hydrogens (primary N) is 1. The van der Waals surface area contributed by atoms with Gasteiger partial charge in [0.25, 0.3) is 11.6 Å². The third-order valence-electron chi connectivity index (χ3n) is 3.36. The number of nitro benzene ring substituents is 1. The summed E-state index contributed by atoms with van der Waals surface area (Å²) >= 11 is 5.78. The number of nitrogens with zero attached hydrogens (tertiary/aromatic N) is 3. The molecule has 2 N–H and O–H groups in total. The second kappa shape index (κ2) is 7.19. The van der Waals surface area contributed by atoms with Gasteiger partial charge in [-0.1, -0.05) is 16.8 Å². The highest BCUT2D eigenvalue weighted by Crippen LogP contribution is 2.21. The molecule has 0 bridgehead atoms. The average Bonchev–Trinajstić information content (AvgIpc) is 3.09. The van der Waals surface area contributed by atoms with Gasteiger partial charge in [0.2, 0.25) is 5.82 Å². The molecule has 3 aromatic rings. The molecule has 0 spiro atoms. The van der Waals surface area contributed by atoms with Crippen molar-refractivity contribution >= 4 is 28.9 Å². The van der Waals surface area contributed by atoms with E-state index in [9.17, 15) is 14.9 Å². The molecule has 0 aliphatic heterocycles. The molecule has 2 aromatic carbocycles. The fraction of sp³-hybridized carbons (Fsp3) is 0.0625. The molecule has 0 radical (unpaired) electrons. The molecule has 0 saturated carbocycles. The van der Waals surface area contributed by atoms with E-state index in [1.165, 1.54) is 42.5 Å². The number of benzene rings is 2. The molecular weight excluding hydrogens is 364 g/mol. The van der Waals surface area contributed by atoms with Gasteiger partial charge >= 0.3 is 5.97 Å². The van der Waals surface area contributed by atoms with Crippen LogP contribution in [0.3, 0.4) is 0 Å². The average molecular weight is 375 g/mol. The van der Waals surface area contributed by atoms with Gasteiger partial charge in [-0.05, 0) is 30.3 Å². The van der Waals surface area contributed by atoms with E-state index >= 15 is 0 Å². The third kappa shape index (κ3) is 3.78. The van der Waals surface area contributed by atoms with Crippen LogP contribution in [-0.4, -0.2) is 21.0 Å². The monoisotopic (exact) mass is 374 g/mol. The Balaban J connectivity index is 1.66. The Morgan fingerprint density at radius 2 is 2.00 bits per heavy atom. The first-order chi connectivity index (χ1) is 12.4. The van der Waals surface area contributed by atoms with Crippen molar-refractivity contribution in [3.8, 4) is 11.4 Å². The van der Waals surface area contributed by atoms with Gasteiger partial charge in [0.05, 0.1) is 10.5 Å². The first kappa shape index (κ1) is 17.4. The Kier molecular flexibility index (Phi) is 4.81. The minimum Gasteiger partial charge on any atom is -0.452 e. The van der Waals surface area contributed by atoms with Gasteiger partial charge in [0, 0.05) is 28.4 Å². The van der Waals surface area contributed by atoms with Crippen LogP contribution < -0.4 is 5.73 Å². The summed E-state index contributed by atoms with van der Waals surface area (Å²) in [6, 6.07) is 10.1. The van der Waals surface area contributed by atoms with E-state index in [1.807, 2.05) is 0 Å². The lowest BCUT2D eigenvalue weighted by Gasteiger charge is -2.05. The number of esters is 1. The Bertz CT molecular complexity index is 971. The largest absolute Gasteiger partial charge is 0.452 e. The van der Waals surface area contributed by atoms with Crippen molar-refractivity contribution in [2.75, 3.05) is 5.73 Å². The van der Waals surface area contributed by atoms with Crippen LogP contribution >= 0.6 is 11.6 Å². The second-order valence-electron chi connectivity index (χ2n) is 5.12. The summed E-state index contributed by atoms with van der Waals surface area (Å²) in [7, 11) is 0. The summed E-state index contributed by atoms with van der Waals surface area (Å²) in [5, 5.41) is 14.8. The fourth-order valence-electron chi connectivity index (χ4n) is 2.09. The smallest absolute Gasteiger partial charge is 0.340 e. The number of nitro groups is 1. The Morgan fingerprint density at radius 3 is 2.65 bits per heavy atom. The van der Waals surface area contributed by atoms with E-state index in [2.05, 4.69) is 10.1 Å². The van der Waals surface area contributed by atoms with Crippen LogP contribution in [0.2, 0.25) is 5.02 Å². The van der Waals surface area contributed by atoms with Crippen molar-refractivity contribution in [2.24, 2.45) is 0 Å². The molecule has 1 heterocycles. The number of anilines is 1. The van der Waals surface area contributed by atoms with E-state index in [-0.39, 0.29) is 35.3 Å². The number of hydrogen-bond donors (Lipinski definition) is 1. The molecule has 0 aliphatic rings. The van der Waals surface area contributed by atoms with Crippen LogP contribution in [0.5, 0.6) is 0 Å². The summed E-state index contributed by atoms with van der Waals surface area (Å²) in [4.78, 5) is 26.3. The van der Waals surface area contributed by atoms with Gasteiger partial charge in [-0.15, -0.1) is 0 Å². The molecule has 0 saturated heterocycles.